The Hall–Kier alpha value is -2.35. The predicted octanol–water partition coefficient (Wildman–Crippen LogP) is 6.96. The fourth-order valence-electron chi connectivity index (χ4n) is 5.21. The van der Waals surface area contributed by atoms with E-state index in [0.717, 1.165) is 64.7 Å². The van der Waals surface area contributed by atoms with Crippen LogP contribution in [0.15, 0.2) is 64.5 Å². The normalized spacial score (nSPS) is 21.7. The van der Waals surface area contributed by atoms with Gasteiger partial charge < -0.3 is 10.0 Å². The molecule has 2 unspecified atom stereocenters. The largest absolute Gasteiger partial charge is 0.391 e. The molecule has 2 aromatic heterocycles. The number of β-amino-alcohol motifs (C(OH)–C–C–N with tert-alkyl or cyclic N) is 1. The fraction of sp³-hybridized carbons (Fsp3) is 0.500. The highest BCUT2D eigenvalue weighted by Gasteiger charge is 2.34. The third kappa shape index (κ3) is 6.05. The van der Waals surface area contributed by atoms with Crippen molar-refractivity contribution in [1.29, 1.82) is 0 Å². The second-order valence-corrected chi connectivity index (χ2v) is 12.1. The molecule has 2 atom stereocenters. The van der Waals surface area contributed by atoms with Crippen LogP contribution in [-0.2, 0) is 6.42 Å². The van der Waals surface area contributed by atoms with Gasteiger partial charge in [0.15, 0.2) is 0 Å². The standard InChI is InChI=1S/C30H41FN4OS/c1-8-26-29(33(7)21(3)37-19-20(2)22-9-12-24(31)13-10-22)35-17-23(11-14-28(35)32-26)25-15-16-34(18-27(25)36)30(4,5)6/h9,11-12,14,17,19,25,27,36H,3,8,10,13,15-16,18H2,1-2,4-7H3/b20-19+. The number of hydrogen-bond acceptors (Lipinski definition) is 5. The van der Waals surface area contributed by atoms with Crippen LogP contribution >= 0.6 is 11.8 Å². The third-order valence-corrected chi connectivity index (χ3v) is 8.67. The maximum absolute atomic E-state index is 13.4. The molecule has 1 N–H and O–H groups in total. The first-order valence-electron chi connectivity index (χ1n) is 13.2. The van der Waals surface area contributed by atoms with E-state index in [2.05, 4.69) is 79.1 Å². The summed E-state index contributed by atoms with van der Waals surface area (Å²) in [7, 11) is 2.03. The van der Waals surface area contributed by atoms with Gasteiger partial charge in [-0.2, -0.15) is 0 Å². The number of halogens is 1. The van der Waals surface area contributed by atoms with Crippen molar-refractivity contribution in [2.24, 2.45) is 0 Å². The number of imidazole rings is 1. The topological polar surface area (TPSA) is 44.0 Å². The molecule has 3 heterocycles. The van der Waals surface area contributed by atoms with Crippen LogP contribution in [0.5, 0.6) is 0 Å². The van der Waals surface area contributed by atoms with E-state index in [-0.39, 0.29) is 17.3 Å². The minimum atomic E-state index is -0.406. The summed E-state index contributed by atoms with van der Waals surface area (Å²) in [6, 6.07) is 4.19. The molecule has 0 amide bonds. The lowest BCUT2D eigenvalue weighted by atomic mass is 9.86. The first-order chi connectivity index (χ1) is 17.5. The van der Waals surface area contributed by atoms with Crippen molar-refractivity contribution < 1.29 is 9.50 Å². The zero-order valence-corrected chi connectivity index (χ0v) is 23.9. The van der Waals surface area contributed by atoms with Gasteiger partial charge in [0.1, 0.15) is 17.3 Å². The summed E-state index contributed by atoms with van der Waals surface area (Å²) in [5.74, 6) is 1.05. The summed E-state index contributed by atoms with van der Waals surface area (Å²) >= 11 is 1.58. The number of nitrogens with zero attached hydrogens (tertiary/aromatic N) is 4. The van der Waals surface area contributed by atoms with Gasteiger partial charge in [-0.3, -0.25) is 9.30 Å². The van der Waals surface area contributed by atoms with Gasteiger partial charge in [-0.1, -0.05) is 37.4 Å². The molecule has 1 saturated heterocycles. The van der Waals surface area contributed by atoms with Gasteiger partial charge in [0.2, 0.25) is 0 Å². The van der Waals surface area contributed by atoms with Gasteiger partial charge in [0.25, 0.3) is 0 Å². The van der Waals surface area contributed by atoms with Gasteiger partial charge in [0, 0.05) is 37.7 Å². The lowest BCUT2D eigenvalue weighted by molar-refractivity contribution is 0.00785. The second kappa shape index (κ2) is 11.2. The number of pyridine rings is 1. The van der Waals surface area contributed by atoms with Crippen molar-refractivity contribution in [1.82, 2.24) is 14.3 Å². The molecule has 0 aromatic carbocycles. The molecular weight excluding hydrogens is 483 g/mol. The van der Waals surface area contributed by atoms with Crippen molar-refractivity contribution in [3.8, 4) is 0 Å². The van der Waals surface area contributed by atoms with E-state index in [1.54, 1.807) is 17.8 Å². The number of likely N-dealkylation sites (tertiary alicyclic amines) is 1. The number of aliphatic hydroxyl groups is 1. The van der Waals surface area contributed by atoms with E-state index in [0.29, 0.717) is 13.0 Å². The molecule has 4 rings (SSSR count). The van der Waals surface area contributed by atoms with Crippen LogP contribution in [0.4, 0.5) is 10.2 Å². The summed E-state index contributed by atoms with van der Waals surface area (Å²) in [5, 5.41) is 14.0. The molecule has 1 aliphatic carbocycles. The summed E-state index contributed by atoms with van der Waals surface area (Å²) in [6.07, 6.45) is 8.11. The minimum Gasteiger partial charge on any atom is -0.391 e. The number of anilines is 1. The molecule has 2 aromatic rings. The average molecular weight is 525 g/mol. The van der Waals surface area contributed by atoms with Crippen LogP contribution in [0.2, 0.25) is 0 Å². The third-order valence-electron chi connectivity index (χ3n) is 7.65. The number of aliphatic hydroxyl groups excluding tert-OH is 1. The van der Waals surface area contributed by atoms with Crippen molar-refractivity contribution in [3.63, 3.8) is 0 Å². The Kier molecular flexibility index (Phi) is 8.36. The molecule has 0 spiro atoms. The van der Waals surface area contributed by atoms with Crippen LogP contribution in [0.3, 0.4) is 0 Å². The average Bonchev–Trinajstić information content (AvgIpc) is 3.24. The molecule has 0 saturated carbocycles. The molecule has 37 heavy (non-hydrogen) atoms. The number of rotatable bonds is 7. The first kappa shape index (κ1) is 27.7. The van der Waals surface area contributed by atoms with E-state index >= 15 is 0 Å². The van der Waals surface area contributed by atoms with E-state index in [9.17, 15) is 9.50 Å². The molecule has 0 radical (unpaired) electrons. The Labute approximate surface area is 225 Å². The van der Waals surface area contributed by atoms with Crippen LogP contribution < -0.4 is 4.90 Å². The molecule has 5 nitrogen and oxygen atoms in total. The number of aryl methyl sites for hydroxylation is 1. The lowest BCUT2D eigenvalue weighted by Gasteiger charge is -2.43. The molecule has 7 heteroatoms. The first-order valence-corrected chi connectivity index (χ1v) is 14.1. The lowest BCUT2D eigenvalue weighted by Crippen LogP contribution is -2.51. The Bertz CT molecular complexity index is 1250. The Morgan fingerprint density at radius 2 is 2.05 bits per heavy atom. The van der Waals surface area contributed by atoms with Gasteiger partial charge in [-0.15, -0.1) is 0 Å². The summed E-state index contributed by atoms with van der Waals surface area (Å²) in [4.78, 5) is 9.36. The second-order valence-electron chi connectivity index (χ2n) is 11.2. The van der Waals surface area contributed by atoms with Crippen LogP contribution in [0.25, 0.3) is 5.65 Å². The van der Waals surface area contributed by atoms with E-state index in [4.69, 9.17) is 4.98 Å². The van der Waals surface area contributed by atoms with Crippen LogP contribution in [0.1, 0.15) is 71.1 Å². The van der Waals surface area contributed by atoms with E-state index in [1.165, 1.54) is 0 Å². The number of thioether (sulfide) groups is 1. The fourth-order valence-corrected chi connectivity index (χ4v) is 5.92. The number of hydrogen-bond donors (Lipinski definition) is 1. The highest BCUT2D eigenvalue weighted by molar-refractivity contribution is 8.05. The SMILES string of the molecule is C=C(S/C=C(\C)C1=CC=C(F)CC1)N(C)c1c(CC)nc2ccc(C3CCN(C(C)(C)C)CC3O)cn12. The van der Waals surface area contributed by atoms with E-state index < -0.39 is 6.10 Å². The zero-order chi connectivity index (χ0) is 26.9. The smallest absolute Gasteiger partial charge is 0.141 e. The van der Waals surface area contributed by atoms with Gasteiger partial charge in [0.05, 0.1) is 16.8 Å². The summed E-state index contributed by atoms with van der Waals surface area (Å²) < 4.78 is 15.5. The maximum Gasteiger partial charge on any atom is 0.141 e. The molecule has 1 aliphatic heterocycles. The van der Waals surface area contributed by atoms with Crippen molar-refractivity contribution in [2.45, 2.75) is 77.9 Å². The molecule has 200 valence electrons. The highest BCUT2D eigenvalue weighted by Crippen LogP contribution is 2.35. The van der Waals surface area contributed by atoms with Gasteiger partial charge in [-0.25, -0.2) is 9.37 Å². The Morgan fingerprint density at radius 1 is 1.30 bits per heavy atom. The monoisotopic (exact) mass is 524 g/mol. The minimum absolute atomic E-state index is 0.0530. The molecule has 1 fully saturated rings. The van der Waals surface area contributed by atoms with E-state index in [1.807, 2.05) is 13.1 Å². The molecular formula is C30H41FN4OS. The summed E-state index contributed by atoms with van der Waals surface area (Å²) in [5.41, 5.74) is 5.40. The molecule has 0 bridgehead atoms. The number of allylic oxidation sites excluding steroid dienone is 5. The highest BCUT2D eigenvalue weighted by atomic mass is 32.2. The Morgan fingerprint density at radius 3 is 2.68 bits per heavy atom. The maximum atomic E-state index is 13.4. The molecule has 2 aliphatic rings. The number of fused-ring (bicyclic) bond motifs is 1. The van der Waals surface area contributed by atoms with Crippen molar-refractivity contribution in [2.75, 3.05) is 25.0 Å². The van der Waals surface area contributed by atoms with Crippen LogP contribution in [-0.4, -0.2) is 51.2 Å². The van der Waals surface area contributed by atoms with Crippen molar-refractivity contribution >= 4 is 23.2 Å². The zero-order valence-electron chi connectivity index (χ0n) is 23.1. The number of piperidine rings is 1. The van der Waals surface area contributed by atoms with Gasteiger partial charge >= 0.3 is 0 Å². The predicted molar refractivity (Wildman–Crippen MR) is 155 cm³/mol. The van der Waals surface area contributed by atoms with Crippen LogP contribution in [0, 0.1) is 0 Å². The number of aromatic nitrogens is 2. The Balaban J connectivity index is 1.57. The van der Waals surface area contributed by atoms with Crippen molar-refractivity contribution in [3.05, 3.63) is 75.7 Å². The van der Waals surface area contributed by atoms with Gasteiger partial charge in [-0.05, 0) is 87.8 Å². The summed E-state index contributed by atoms with van der Waals surface area (Å²) in [6.45, 7) is 16.8. The quantitative estimate of drug-likeness (QED) is 0.424.